The summed E-state index contributed by atoms with van der Waals surface area (Å²) in [7, 11) is 0. The molecule has 0 fully saturated rings. The highest BCUT2D eigenvalue weighted by Crippen LogP contribution is 2.18. The average molecular weight is 251 g/mol. The summed E-state index contributed by atoms with van der Waals surface area (Å²) in [6, 6.07) is 6.68. The Morgan fingerprint density at radius 1 is 1.18 bits per heavy atom. The maximum Gasteiger partial charge on any atom is 0.333 e. The minimum Gasteiger partial charge on any atom is -0.274 e. The summed E-state index contributed by atoms with van der Waals surface area (Å²) in [5.74, 6) is 0. The van der Waals surface area contributed by atoms with Gasteiger partial charge in [-0.15, -0.1) is 0 Å². The van der Waals surface area contributed by atoms with Gasteiger partial charge in [-0.25, -0.2) is 4.79 Å². The van der Waals surface area contributed by atoms with Crippen molar-refractivity contribution in [3.63, 3.8) is 0 Å². The maximum absolute atomic E-state index is 11.7. The Labute approximate surface area is 102 Å². The number of hydrogen-bond donors (Lipinski definition) is 1. The lowest BCUT2D eigenvalue weighted by atomic mass is 10.2. The van der Waals surface area contributed by atoms with E-state index >= 15 is 0 Å². The summed E-state index contributed by atoms with van der Waals surface area (Å²) in [6.07, 6.45) is 0. The fraction of sp³-hybridized carbons (Fsp3) is 0.167. The second kappa shape index (κ2) is 4.22. The van der Waals surface area contributed by atoms with Crippen molar-refractivity contribution < 1.29 is 0 Å². The van der Waals surface area contributed by atoms with Crippen molar-refractivity contribution in [1.82, 2.24) is 9.55 Å². The van der Waals surface area contributed by atoms with Gasteiger partial charge in [0, 0.05) is 16.8 Å². The van der Waals surface area contributed by atoms with Crippen LogP contribution in [0.2, 0.25) is 5.02 Å². The van der Waals surface area contributed by atoms with Crippen molar-refractivity contribution in [3.05, 3.63) is 61.4 Å². The lowest BCUT2D eigenvalue weighted by Crippen LogP contribution is -2.29. The quantitative estimate of drug-likeness (QED) is 0.839. The van der Waals surface area contributed by atoms with Gasteiger partial charge in [0.2, 0.25) is 0 Å². The van der Waals surface area contributed by atoms with Gasteiger partial charge in [-0.05, 0) is 31.5 Å². The second-order valence-electron chi connectivity index (χ2n) is 3.85. The van der Waals surface area contributed by atoms with Crippen LogP contribution in [-0.4, -0.2) is 9.55 Å². The number of nitrogens with one attached hydrogen (secondary N) is 1. The molecule has 0 radical (unpaired) electrons. The van der Waals surface area contributed by atoms with Gasteiger partial charge >= 0.3 is 5.69 Å². The zero-order valence-corrected chi connectivity index (χ0v) is 10.2. The third-order valence-corrected chi connectivity index (χ3v) is 2.95. The van der Waals surface area contributed by atoms with Crippen LogP contribution in [-0.2, 0) is 0 Å². The van der Waals surface area contributed by atoms with E-state index in [0.717, 1.165) is 5.56 Å². The number of halogens is 1. The molecule has 0 atom stereocenters. The highest BCUT2D eigenvalue weighted by Gasteiger charge is 2.06. The molecule has 1 aromatic carbocycles. The Morgan fingerprint density at radius 2 is 1.88 bits per heavy atom. The van der Waals surface area contributed by atoms with Gasteiger partial charge in [0.05, 0.1) is 5.69 Å². The van der Waals surface area contributed by atoms with Gasteiger partial charge in [-0.3, -0.25) is 14.3 Å². The Kier molecular flexibility index (Phi) is 2.90. The normalized spacial score (nSPS) is 10.5. The van der Waals surface area contributed by atoms with Crippen LogP contribution in [0.1, 0.15) is 11.3 Å². The molecular weight excluding hydrogens is 240 g/mol. The van der Waals surface area contributed by atoms with E-state index in [-0.39, 0.29) is 0 Å². The van der Waals surface area contributed by atoms with Crippen LogP contribution in [0, 0.1) is 13.8 Å². The molecule has 0 bridgehead atoms. The van der Waals surface area contributed by atoms with Gasteiger partial charge in [0.15, 0.2) is 0 Å². The van der Waals surface area contributed by atoms with E-state index in [4.69, 9.17) is 11.6 Å². The molecule has 4 nitrogen and oxygen atoms in total. The molecule has 0 aliphatic heterocycles. The highest BCUT2D eigenvalue weighted by atomic mass is 35.5. The topological polar surface area (TPSA) is 54.9 Å². The summed E-state index contributed by atoms with van der Waals surface area (Å²) in [5, 5.41) is 0.583. The Bertz CT molecular complexity index is 686. The van der Waals surface area contributed by atoms with Crippen LogP contribution in [0.25, 0.3) is 5.69 Å². The number of aromatic amines is 1. The molecule has 88 valence electrons. The van der Waals surface area contributed by atoms with Crippen LogP contribution in [0.15, 0.2) is 33.9 Å². The molecule has 0 aliphatic carbocycles. The SMILES string of the molecule is Cc1ccc(-n2c(C)cc(=O)[nH]c2=O)cc1Cl. The number of nitrogens with zero attached hydrogens (tertiary/aromatic N) is 1. The molecule has 0 saturated heterocycles. The summed E-state index contributed by atoms with van der Waals surface area (Å²) < 4.78 is 1.41. The molecule has 5 heteroatoms. The van der Waals surface area contributed by atoms with Crippen molar-refractivity contribution >= 4 is 11.6 Å². The minimum atomic E-state index is -0.463. The van der Waals surface area contributed by atoms with E-state index in [1.165, 1.54) is 10.6 Å². The molecule has 0 saturated carbocycles. The van der Waals surface area contributed by atoms with Gasteiger partial charge in [0.1, 0.15) is 0 Å². The first-order valence-corrected chi connectivity index (χ1v) is 5.46. The Morgan fingerprint density at radius 3 is 2.47 bits per heavy atom. The van der Waals surface area contributed by atoms with Crippen molar-refractivity contribution in [2.45, 2.75) is 13.8 Å². The van der Waals surface area contributed by atoms with Gasteiger partial charge in [-0.1, -0.05) is 17.7 Å². The zero-order chi connectivity index (χ0) is 12.6. The van der Waals surface area contributed by atoms with Gasteiger partial charge in [-0.2, -0.15) is 0 Å². The summed E-state index contributed by atoms with van der Waals surface area (Å²) in [5.41, 5.74) is 1.28. The average Bonchev–Trinajstić information content (AvgIpc) is 2.21. The Balaban J connectivity index is 2.73. The third kappa shape index (κ3) is 2.17. The number of benzene rings is 1. The highest BCUT2D eigenvalue weighted by molar-refractivity contribution is 6.31. The first-order chi connectivity index (χ1) is 7.99. The molecule has 0 aliphatic rings. The van der Waals surface area contributed by atoms with Gasteiger partial charge in [0.25, 0.3) is 5.56 Å². The fourth-order valence-electron chi connectivity index (χ4n) is 1.65. The van der Waals surface area contributed by atoms with Crippen LogP contribution in [0.5, 0.6) is 0 Å². The van der Waals surface area contributed by atoms with E-state index in [2.05, 4.69) is 4.98 Å². The second-order valence-corrected chi connectivity index (χ2v) is 4.26. The van der Waals surface area contributed by atoms with E-state index in [0.29, 0.717) is 16.4 Å². The molecular formula is C12H11ClN2O2. The summed E-state index contributed by atoms with van der Waals surface area (Å²) >= 11 is 6.01. The standard InChI is InChI=1S/C12H11ClN2O2/c1-7-3-4-9(6-10(7)13)15-8(2)5-11(16)14-12(15)17/h3-6H,1-2H3,(H,14,16,17). The zero-order valence-electron chi connectivity index (χ0n) is 9.45. The molecule has 2 rings (SSSR count). The largest absolute Gasteiger partial charge is 0.333 e. The van der Waals surface area contributed by atoms with Crippen LogP contribution in [0.3, 0.4) is 0 Å². The predicted molar refractivity (Wildman–Crippen MR) is 67.1 cm³/mol. The molecule has 1 heterocycles. The monoisotopic (exact) mass is 250 g/mol. The van der Waals surface area contributed by atoms with E-state index in [1.54, 1.807) is 19.1 Å². The molecule has 0 unspecified atom stereocenters. The molecule has 1 aromatic heterocycles. The number of hydrogen-bond acceptors (Lipinski definition) is 2. The maximum atomic E-state index is 11.7. The summed E-state index contributed by atoms with van der Waals surface area (Å²) in [4.78, 5) is 25.1. The van der Waals surface area contributed by atoms with Crippen molar-refractivity contribution in [2.75, 3.05) is 0 Å². The van der Waals surface area contributed by atoms with Crippen molar-refractivity contribution in [2.24, 2.45) is 0 Å². The fourth-order valence-corrected chi connectivity index (χ4v) is 1.83. The molecule has 17 heavy (non-hydrogen) atoms. The van der Waals surface area contributed by atoms with E-state index in [9.17, 15) is 9.59 Å². The lowest BCUT2D eigenvalue weighted by molar-refractivity contribution is 0.856. The molecule has 2 aromatic rings. The smallest absolute Gasteiger partial charge is 0.274 e. The number of aryl methyl sites for hydroxylation is 2. The van der Waals surface area contributed by atoms with Crippen LogP contribution >= 0.6 is 11.6 Å². The number of H-pyrrole nitrogens is 1. The van der Waals surface area contributed by atoms with Gasteiger partial charge < -0.3 is 0 Å². The predicted octanol–water partition coefficient (Wildman–Crippen LogP) is 1.80. The van der Waals surface area contributed by atoms with Crippen molar-refractivity contribution in [1.29, 1.82) is 0 Å². The van der Waals surface area contributed by atoms with Crippen LogP contribution < -0.4 is 11.2 Å². The number of rotatable bonds is 1. The first kappa shape index (κ1) is 11.7. The van der Waals surface area contributed by atoms with Crippen LogP contribution in [0.4, 0.5) is 0 Å². The minimum absolute atomic E-state index is 0.401. The first-order valence-electron chi connectivity index (χ1n) is 5.08. The van der Waals surface area contributed by atoms with E-state index < -0.39 is 11.2 Å². The third-order valence-electron chi connectivity index (χ3n) is 2.54. The molecule has 1 N–H and O–H groups in total. The molecule has 0 spiro atoms. The lowest BCUT2D eigenvalue weighted by Gasteiger charge is -2.09. The molecule has 0 amide bonds. The number of aromatic nitrogens is 2. The summed E-state index contributed by atoms with van der Waals surface area (Å²) in [6.45, 7) is 3.58. The van der Waals surface area contributed by atoms with Crippen molar-refractivity contribution in [3.8, 4) is 5.69 Å². The Hall–Kier alpha value is -1.81. The van der Waals surface area contributed by atoms with E-state index in [1.807, 2.05) is 13.0 Å².